The molecule has 7 heteroatoms. The summed E-state index contributed by atoms with van der Waals surface area (Å²) < 4.78 is 37.8. The Hall–Kier alpha value is -2.23. The molecule has 3 aromatic rings. The largest absolute Gasteiger partial charge is 0.374 e. The Balaban J connectivity index is 1.57. The van der Waals surface area contributed by atoms with Gasteiger partial charge in [0.15, 0.2) is 0 Å². The molecule has 0 bridgehead atoms. The van der Waals surface area contributed by atoms with Crippen LogP contribution >= 0.6 is 12.6 Å². The smallest absolute Gasteiger partial charge is 0.227 e. The third kappa shape index (κ3) is 7.21. The van der Waals surface area contributed by atoms with Crippen LogP contribution in [0.2, 0.25) is 0 Å². The van der Waals surface area contributed by atoms with Crippen LogP contribution in [-0.4, -0.2) is 49.9 Å². The van der Waals surface area contributed by atoms with Crippen LogP contribution in [-0.2, 0) is 48.2 Å². The van der Waals surface area contributed by atoms with Gasteiger partial charge in [0, 0.05) is 13.7 Å². The number of ether oxygens (including phenoxy) is 6. The molecule has 0 aromatic heterocycles. The first-order chi connectivity index (χ1) is 18.2. The summed E-state index contributed by atoms with van der Waals surface area (Å²) in [5, 5.41) is 0. The first kappa shape index (κ1) is 27.8. The van der Waals surface area contributed by atoms with Crippen LogP contribution in [0.15, 0.2) is 91.0 Å². The van der Waals surface area contributed by atoms with E-state index in [2.05, 4.69) is 0 Å². The zero-order valence-electron chi connectivity index (χ0n) is 21.4. The van der Waals surface area contributed by atoms with Crippen LogP contribution in [0.5, 0.6) is 0 Å². The van der Waals surface area contributed by atoms with Gasteiger partial charge in [-0.05, 0) is 23.6 Å². The third-order valence-electron chi connectivity index (χ3n) is 6.33. The van der Waals surface area contributed by atoms with E-state index in [1.54, 1.807) is 7.11 Å². The molecule has 0 aliphatic carbocycles. The van der Waals surface area contributed by atoms with E-state index in [0.717, 1.165) is 16.7 Å². The Morgan fingerprint density at radius 3 is 1.70 bits per heavy atom. The average Bonchev–Trinajstić information content (AvgIpc) is 2.94. The predicted octanol–water partition coefficient (Wildman–Crippen LogP) is 5.41. The molecule has 5 atom stereocenters. The molecule has 0 unspecified atom stereocenters. The van der Waals surface area contributed by atoms with Gasteiger partial charge in [-0.2, -0.15) is 0 Å². The fraction of sp³-hybridized carbons (Fsp3) is 0.400. The molecule has 0 amide bonds. The molecule has 0 spiro atoms. The van der Waals surface area contributed by atoms with E-state index in [9.17, 15) is 0 Å². The third-order valence-corrected chi connectivity index (χ3v) is 6.72. The Morgan fingerprint density at radius 1 is 0.730 bits per heavy atom. The van der Waals surface area contributed by atoms with Crippen molar-refractivity contribution in [2.75, 3.05) is 20.3 Å². The molecule has 198 valence electrons. The first-order valence-electron chi connectivity index (χ1n) is 12.6. The summed E-state index contributed by atoms with van der Waals surface area (Å²) in [6.07, 6.45) is -1.80. The summed E-state index contributed by atoms with van der Waals surface area (Å²) >= 11 is 4.77. The molecule has 1 fully saturated rings. The van der Waals surface area contributed by atoms with E-state index >= 15 is 0 Å². The van der Waals surface area contributed by atoms with E-state index in [-0.39, 0.29) is 6.61 Å². The lowest BCUT2D eigenvalue weighted by atomic mass is 9.94. The van der Waals surface area contributed by atoms with Gasteiger partial charge in [0.05, 0.1) is 26.4 Å². The second kappa shape index (κ2) is 14.1. The predicted molar refractivity (Wildman–Crippen MR) is 145 cm³/mol. The van der Waals surface area contributed by atoms with Crippen molar-refractivity contribution in [3.05, 3.63) is 108 Å². The quantitative estimate of drug-likeness (QED) is 0.238. The Bertz CT molecular complexity index is 1040. The summed E-state index contributed by atoms with van der Waals surface area (Å²) in [4.78, 5) is 0. The number of rotatable bonds is 13. The van der Waals surface area contributed by atoms with Crippen molar-refractivity contribution in [3.8, 4) is 0 Å². The van der Waals surface area contributed by atoms with Crippen molar-refractivity contribution in [2.24, 2.45) is 0 Å². The zero-order valence-corrected chi connectivity index (χ0v) is 22.3. The number of thiol groups is 1. The first-order valence-corrected chi connectivity index (χ1v) is 13.1. The maximum Gasteiger partial charge on any atom is 0.227 e. The van der Waals surface area contributed by atoms with E-state index < -0.39 is 29.5 Å². The molecule has 37 heavy (non-hydrogen) atoms. The van der Waals surface area contributed by atoms with Gasteiger partial charge in [-0.15, -0.1) is 12.6 Å². The molecular formula is C30H36O6S. The van der Waals surface area contributed by atoms with Crippen molar-refractivity contribution in [1.82, 2.24) is 0 Å². The SMILES string of the molecule is CCO[C@@]1(OC)[C@H](OCc2ccccc2)[C@@H](COCc2ccccc2)O[C@@H](S)[C@@H]1OCc1ccccc1. The highest BCUT2D eigenvalue weighted by Gasteiger charge is 2.59. The Morgan fingerprint density at radius 2 is 1.22 bits per heavy atom. The summed E-state index contributed by atoms with van der Waals surface area (Å²) in [6.45, 7) is 3.74. The van der Waals surface area contributed by atoms with Gasteiger partial charge in [-0.25, -0.2) is 0 Å². The second-order valence-electron chi connectivity index (χ2n) is 8.86. The van der Waals surface area contributed by atoms with Gasteiger partial charge < -0.3 is 28.4 Å². The van der Waals surface area contributed by atoms with Crippen LogP contribution in [0.1, 0.15) is 23.6 Å². The summed E-state index contributed by atoms with van der Waals surface area (Å²) in [6, 6.07) is 30.0. The van der Waals surface area contributed by atoms with E-state index in [1.807, 2.05) is 97.9 Å². The zero-order chi connectivity index (χ0) is 25.9. The molecule has 0 saturated carbocycles. The van der Waals surface area contributed by atoms with E-state index in [0.29, 0.717) is 26.4 Å². The Kier molecular flexibility index (Phi) is 10.6. The van der Waals surface area contributed by atoms with Gasteiger partial charge in [0.25, 0.3) is 0 Å². The molecule has 1 aliphatic rings. The summed E-state index contributed by atoms with van der Waals surface area (Å²) in [7, 11) is 1.61. The Labute approximate surface area is 225 Å². The van der Waals surface area contributed by atoms with Crippen molar-refractivity contribution < 1.29 is 28.4 Å². The number of benzene rings is 3. The number of methoxy groups -OCH3 is 1. The van der Waals surface area contributed by atoms with Crippen LogP contribution < -0.4 is 0 Å². The molecular weight excluding hydrogens is 488 g/mol. The molecule has 3 aromatic carbocycles. The van der Waals surface area contributed by atoms with E-state index in [4.69, 9.17) is 41.0 Å². The van der Waals surface area contributed by atoms with Gasteiger partial charge >= 0.3 is 0 Å². The van der Waals surface area contributed by atoms with Crippen molar-refractivity contribution >= 4 is 12.6 Å². The topological polar surface area (TPSA) is 55.4 Å². The van der Waals surface area contributed by atoms with Crippen LogP contribution in [0.4, 0.5) is 0 Å². The minimum Gasteiger partial charge on any atom is -0.374 e. The molecule has 0 radical (unpaired) electrons. The molecule has 6 nitrogen and oxygen atoms in total. The maximum absolute atomic E-state index is 6.51. The fourth-order valence-corrected chi connectivity index (χ4v) is 5.01. The standard InChI is InChI=1S/C30H36O6S/c1-3-35-30(31-2)27(33-20-24-15-9-5-10-16-24)26(22-32-19-23-13-7-4-8-14-23)36-29(37)28(30)34-21-25-17-11-6-12-18-25/h4-18,26-29,37H,3,19-22H2,1-2H3/t26-,27-,28+,29+,30+/m1/s1. The van der Waals surface area contributed by atoms with Gasteiger partial charge in [0.2, 0.25) is 5.79 Å². The van der Waals surface area contributed by atoms with Crippen LogP contribution in [0, 0.1) is 0 Å². The van der Waals surface area contributed by atoms with Crippen LogP contribution in [0.25, 0.3) is 0 Å². The monoisotopic (exact) mass is 524 g/mol. The molecule has 1 aliphatic heterocycles. The average molecular weight is 525 g/mol. The molecule has 0 N–H and O–H groups in total. The van der Waals surface area contributed by atoms with Crippen molar-refractivity contribution in [1.29, 1.82) is 0 Å². The molecule has 1 saturated heterocycles. The maximum atomic E-state index is 6.51. The van der Waals surface area contributed by atoms with E-state index in [1.165, 1.54) is 0 Å². The van der Waals surface area contributed by atoms with Crippen molar-refractivity contribution in [3.63, 3.8) is 0 Å². The highest BCUT2D eigenvalue weighted by molar-refractivity contribution is 7.80. The lowest BCUT2D eigenvalue weighted by Gasteiger charge is -2.51. The summed E-state index contributed by atoms with van der Waals surface area (Å²) in [5.41, 5.74) is 2.51. The fourth-order valence-electron chi connectivity index (χ4n) is 4.56. The highest BCUT2D eigenvalue weighted by atomic mass is 32.1. The number of hydrogen-bond donors (Lipinski definition) is 1. The van der Waals surface area contributed by atoms with Crippen LogP contribution in [0.3, 0.4) is 0 Å². The highest BCUT2D eigenvalue weighted by Crippen LogP contribution is 2.40. The van der Waals surface area contributed by atoms with Gasteiger partial charge in [-0.3, -0.25) is 0 Å². The lowest BCUT2D eigenvalue weighted by molar-refractivity contribution is -0.380. The molecule has 4 rings (SSSR count). The van der Waals surface area contributed by atoms with Crippen molar-refractivity contribution in [2.45, 2.75) is 56.3 Å². The summed E-state index contributed by atoms with van der Waals surface area (Å²) in [5.74, 6) is -1.26. The number of hydrogen-bond acceptors (Lipinski definition) is 7. The molecule has 1 heterocycles. The minimum atomic E-state index is -1.26. The van der Waals surface area contributed by atoms with Gasteiger partial charge in [-0.1, -0.05) is 91.0 Å². The lowest BCUT2D eigenvalue weighted by Crippen LogP contribution is -2.69. The van der Waals surface area contributed by atoms with Gasteiger partial charge in [0.1, 0.15) is 23.7 Å². The normalized spacial score (nSPS) is 25.7. The minimum absolute atomic E-state index is 0.273. The second-order valence-corrected chi connectivity index (χ2v) is 9.37.